The van der Waals surface area contributed by atoms with E-state index in [1.807, 2.05) is 0 Å². The summed E-state index contributed by atoms with van der Waals surface area (Å²) >= 11 is 5.92. The topological polar surface area (TPSA) is 120 Å². The minimum absolute atomic E-state index is 0.0747. The first kappa shape index (κ1) is 17.5. The highest BCUT2D eigenvalue weighted by molar-refractivity contribution is 6.29. The van der Waals surface area contributed by atoms with Crippen molar-refractivity contribution in [1.29, 1.82) is 0 Å². The molecule has 134 valence electrons. The summed E-state index contributed by atoms with van der Waals surface area (Å²) in [4.78, 5) is 17.7. The van der Waals surface area contributed by atoms with Crippen LogP contribution in [0.4, 0.5) is 11.5 Å². The smallest absolute Gasteiger partial charge is 0.273 e. The Bertz CT molecular complexity index is 959. The molecule has 3 heterocycles. The van der Waals surface area contributed by atoms with E-state index in [9.17, 15) is 4.79 Å². The van der Waals surface area contributed by atoms with Crippen molar-refractivity contribution in [2.45, 2.75) is 0 Å². The molecule has 2 N–H and O–H groups in total. The number of anilines is 2. The number of aryl methyl sites for hydroxylation is 1. The fourth-order valence-electron chi connectivity index (χ4n) is 2.29. The minimum atomic E-state index is -0.416. The summed E-state index contributed by atoms with van der Waals surface area (Å²) in [6.45, 7) is 0. The van der Waals surface area contributed by atoms with Crippen LogP contribution in [-0.2, 0) is 7.05 Å². The maximum absolute atomic E-state index is 12.0. The van der Waals surface area contributed by atoms with Crippen LogP contribution >= 0.6 is 11.6 Å². The molecule has 3 rings (SSSR count). The predicted octanol–water partition coefficient (Wildman–Crippen LogP) is 1.43. The lowest BCUT2D eigenvalue weighted by Crippen LogP contribution is -2.21. The Hall–Kier alpha value is -3.27. The molecule has 26 heavy (non-hydrogen) atoms. The number of ether oxygens (including phenoxy) is 1. The van der Waals surface area contributed by atoms with Crippen LogP contribution in [0.5, 0.6) is 5.75 Å². The van der Waals surface area contributed by atoms with Crippen LogP contribution < -0.4 is 15.4 Å². The first-order valence-electron chi connectivity index (χ1n) is 7.45. The molecule has 10 nitrogen and oxygen atoms in total. The van der Waals surface area contributed by atoms with Crippen LogP contribution in [0, 0.1) is 0 Å². The Labute approximate surface area is 153 Å². The molecule has 0 aliphatic carbocycles. The van der Waals surface area contributed by atoms with Crippen molar-refractivity contribution in [3.8, 4) is 17.0 Å². The number of pyridine rings is 1. The molecule has 0 atom stereocenters. The van der Waals surface area contributed by atoms with Gasteiger partial charge >= 0.3 is 0 Å². The number of aromatic nitrogens is 6. The van der Waals surface area contributed by atoms with E-state index < -0.39 is 5.91 Å². The average Bonchev–Trinajstić information content (AvgIpc) is 3.07. The molecule has 3 aromatic rings. The molecular formula is C15H15ClN8O2. The molecule has 1 amide bonds. The lowest BCUT2D eigenvalue weighted by Gasteiger charge is -2.14. The van der Waals surface area contributed by atoms with Gasteiger partial charge in [-0.05, 0) is 6.07 Å². The maximum atomic E-state index is 12.0. The molecule has 0 fully saturated rings. The van der Waals surface area contributed by atoms with Crippen LogP contribution in [0.1, 0.15) is 10.5 Å². The Kier molecular flexibility index (Phi) is 4.94. The lowest BCUT2D eigenvalue weighted by atomic mass is 10.2. The second-order valence-electron chi connectivity index (χ2n) is 5.09. The highest BCUT2D eigenvalue weighted by atomic mass is 35.5. The molecule has 0 aromatic carbocycles. The predicted molar refractivity (Wildman–Crippen MR) is 94.5 cm³/mol. The highest BCUT2D eigenvalue weighted by Crippen LogP contribution is 2.35. The maximum Gasteiger partial charge on any atom is 0.273 e. The van der Waals surface area contributed by atoms with Crippen molar-refractivity contribution in [1.82, 2.24) is 35.5 Å². The van der Waals surface area contributed by atoms with Gasteiger partial charge in [0.2, 0.25) is 0 Å². The number of carbonyl (C=O) groups is 1. The molecule has 0 radical (unpaired) electrons. The number of hydrogen-bond acceptors (Lipinski definition) is 8. The number of halogens is 1. The summed E-state index contributed by atoms with van der Waals surface area (Å²) in [7, 11) is 4.73. The molecule has 3 aromatic heterocycles. The number of nitrogens with one attached hydrogen (secondary N) is 2. The molecule has 0 spiro atoms. The summed E-state index contributed by atoms with van der Waals surface area (Å²) < 4.78 is 5.50. The number of carbonyl (C=O) groups excluding carboxylic acids is 1. The zero-order valence-corrected chi connectivity index (χ0v) is 14.9. The summed E-state index contributed by atoms with van der Waals surface area (Å²) in [6, 6.07) is 3.24. The van der Waals surface area contributed by atoms with E-state index in [1.165, 1.54) is 25.0 Å². The van der Waals surface area contributed by atoms with Gasteiger partial charge in [-0.1, -0.05) is 11.6 Å². The third-order valence-corrected chi connectivity index (χ3v) is 3.63. The summed E-state index contributed by atoms with van der Waals surface area (Å²) in [6.07, 6.45) is 3.20. The van der Waals surface area contributed by atoms with Gasteiger partial charge in [-0.25, -0.2) is 4.98 Å². The van der Waals surface area contributed by atoms with Gasteiger partial charge in [0, 0.05) is 26.4 Å². The van der Waals surface area contributed by atoms with E-state index in [0.717, 1.165) is 0 Å². The largest absolute Gasteiger partial charge is 0.492 e. The molecule has 0 aliphatic heterocycles. The Morgan fingerprint density at radius 1 is 1.35 bits per heavy atom. The second-order valence-corrected chi connectivity index (χ2v) is 5.48. The zero-order chi connectivity index (χ0) is 18.7. The fraction of sp³-hybridized carbons (Fsp3) is 0.200. The van der Waals surface area contributed by atoms with Crippen molar-refractivity contribution in [2.24, 2.45) is 7.05 Å². The van der Waals surface area contributed by atoms with Crippen molar-refractivity contribution in [2.75, 3.05) is 19.5 Å². The number of methoxy groups -OCH3 is 1. The van der Waals surface area contributed by atoms with E-state index in [4.69, 9.17) is 16.3 Å². The lowest BCUT2D eigenvalue weighted by molar-refractivity contribution is 0.0958. The number of amides is 1. The van der Waals surface area contributed by atoms with Gasteiger partial charge in [-0.15, -0.1) is 10.2 Å². The first-order valence-corrected chi connectivity index (χ1v) is 7.83. The van der Waals surface area contributed by atoms with Crippen LogP contribution in [0.3, 0.4) is 0 Å². The van der Waals surface area contributed by atoms with Gasteiger partial charge in [-0.2, -0.15) is 15.0 Å². The second kappa shape index (κ2) is 7.31. The van der Waals surface area contributed by atoms with Crippen LogP contribution in [0.25, 0.3) is 11.3 Å². The Morgan fingerprint density at radius 2 is 2.15 bits per heavy atom. The van der Waals surface area contributed by atoms with Gasteiger partial charge in [0.25, 0.3) is 5.91 Å². The molecule has 0 saturated carbocycles. The zero-order valence-electron chi connectivity index (χ0n) is 14.2. The number of nitrogens with zero attached hydrogens (tertiary/aromatic N) is 6. The number of rotatable bonds is 5. The number of hydrogen-bond donors (Lipinski definition) is 2. The van der Waals surface area contributed by atoms with Gasteiger partial charge in [-0.3, -0.25) is 4.79 Å². The van der Waals surface area contributed by atoms with Crippen LogP contribution in [-0.4, -0.2) is 50.2 Å². The minimum Gasteiger partial charge on any atom is -0.492 e. The van der Waals surface area contributed by atoms with Gasteiger partial charge < -0.3 is 15.4 Å². The highest BCUT2D eigenvalue weighted by Gasteiger charge is 2.19. The van der Waals surface area contributed by atoms with E-state index in [0.29, 0.717) is 28.5 Å². The van der Waals surface area contributed by atoms with Crippen molar-refractivity contribution < 1.29 is 9.53 Å². The van der Waals surface area contributed by atoms with E-state index in [2.05, 4.69) is 36.0 Å². The first-order chi connectivity index (χ1) is 12.5. The van der Waals surface area contributed by atoms with Crippen LogP contribution in [0.15, 0.2) is 24.5 Å². The van der Waals surface area contributed by atoms with Gasteiger partial charge in [0.1, 0.15) is 5.69 Å². The standard InChI is InChI=1S/C15H15ClN8O2/c1-17-15(25)12-9(6-11(16)21-22-12)20-14-13(26-3)8(4-5-18-14)10-7-19-24(2)23-10/h4-7H,1-3H3,(H,17,25)(H,18,20,21). The third kappa shape index (κ3) is 3.40. The summed E-state index contributed by atoms with van der Waals surface area (Å²) in [5, 5.41) is 21.5. The van der Waals surface area contributed by atoms with Gasteiger partial charge in [0.15, 0.2) is 22.4 Å². The monoisotopic (exact) mass is 374 g/mol. The molecule has 0 unspecified atom stereocenters. The van der Waals surface area contributed by atoms with Crippen molar-refractivity contribution in [3.05, 3.63) is 35.4 Å². The molecule has 0 bridgehead atoms. The molecule has 0 aliphatic rings. The van der Waals surface area contributed by atoms with Gasteiger partial charge in [0.05, 0.1) is 24.6 Å². The fourth-order valence-corrected chi connectivity index (χ4v) is 2.44. The summed E-state index contributed by atoms with van der Waals surface area (Å²) in [5.74, 6) is 0.384. The SMILES string of the molecule is CNC(=O)c1nnc(Cl)cc1Nc1nccc(-c2cnn(C)n2)c1OC. The third-order valence-electron chi connectivity index (χ3n) is 3.44. The Morgan fingerprint density at radius 3 is 2.81 bits per heavy atom. The molecular weight excluding hydrogens is 360 g/mol. The Balaban J connectivity index is 2.06. The normalized spacial score (nSPS) is 10.5. The molecule has 0 saturated heterocycles. The van der Waals surface area contributed by atoms with Crippen LogP contribution in [0.2, 0.25) is 5.15 Å². The van der Waals surface area contributed by atoms with Crippen molar-refractivity contribution in [3.63, 3.8) is 0 Å². The molecule has 11 heteroatoms. The van der Waals surface area contributed by atoms with Crippen molar-refractivity contribution >= 4 is 29.0 Å². The summed E-state index contributed by atoms with van der Waals surface area (Å²) in [5.41, 5.74) is 1.72. The average molecular weight is 375 g/mol. The van der Waals surface area contributed by atoms with E-state index in [1.54, 1.807) is 25.5 Å². The van der Waals surface area contributed by atoms with E-state index in [-0.39, 0.29) is 10.8 Å². The van der Waals surface area contributed by atoms with E-state index >= 15 is 0 Å². The quantitative estimate of drug-likeness (QED) is 0.688.